The molecule has 0 atom stereocenters. The quantitative estimate of drug-likeness (QED) is 0.858. The predicted molar refractivity (Wildman–Crippen MR) is 82.5 cm³/mol. The van der Waals surface area contributed by atoms with E-state index < -0.39 is 0 Å². The Balaban J connectivity index is 2.07. The minimum absolute atomic E-state index is 0.110. The van der Waals surface area contributed by atoms with E-state index in [-0.39, 0.29) is 18.1 Å². The van der Waals surface area contributed by atoms with E-state index in [2.05, 4.69) is 10.3 Å². The number of carbonyl (C=O) groups excluding carboxylic acids is 2. The van der Waals surface area contributed by atoms with Crippen molar-refractivity contribution in [3.05, 3.63) is 39.9 Å². The van der Waals surface area contributed by atoms with Crippen molar-refractivity contribution in [2.45, 2.75) is 13.3 Å². The van der Waals surface area contributed by atoms with Gasteiger partial charge in [-0.25, -0.2) is 4.98 Å². The monoisotopic (exact) mass is 324 g/mol. The zero-order valence-corrected chi connectivity index (χ0v) is 13.0. The van der Waals surface area contributed by atoms with E-state index >= 15 is 0 Å². The molecule has 0 spiro atoms. The summed E-state index contributed by atoms with van der Waals surface area (Å²) in [6.45, 7) is 1.43. The predicted octanol–water partition coefficient (Wildman–Crippen LogP) is 3.19. The number of thiazole rings is 1. The Morgan fingerprint density at radius 2 is 2.19 bits per heavy atom. The Morgan fingerprint density at radius 3 is 2.81 bits per heavy atom. The molecule has 0 radical (unpaired) electrons. The summed E-state index contributed by atoms with van der Waals surface area (Å²) >= 11 is 7.13. The number of anilines is 1. The molecule has 0 saturated carbocycles. The Hall–Kier alpha value is -1.92. The highest BCUT2D eigenvalue weighted by molar-refractivity contribution is 7.14. The highest BCUT2D eigenvalue weighted by Gasteiger charge is 2.12. The van der Waals surface area contributed by atoms with Gasteiger partial charge in [-0.05, 0) is 18.2 Å². The molecule has 0 unspecified atom stereocenters. The highest BCUT2D eigenvalue weighted by atomic mass is 35.5. The van der Waals surface area contributed by atoms with Crippen molar-refractivity contribution in [3.8, 4) is 5.75 Å². The first-order valence-corrected chi connectivity index (χ1v) is 7.34. The lowest BCUT2D eigenvalue weighted by Gasteiger charge is -2.08. The van der Waals surface area contributed by atoms with Crippen molar-refractivity contribution in [1.29, 1.82) is 0 Å². The third kappa shape index (κ3) is 4.03. The molecular weight excluding hydrogens is 312 g/mol. The van der Waals surface area contributed by atoms with Gasteiger partial charge in [-0.2, -0.15) is 0 Å². The number of ketones is 1. The number of nitrogens with zero attached hydrogens (tertiary/aromatic N) is 1. The summed E-state index contributed by atoms with van der Waals surface area (Å²) in [5.74, 6) is 0.210. The summed E-state index contributed by atoms with van der Waals surface area (Å²) in [7, 11) is 1.53. The van der Waals surface area contributed by atoms with Crippen LogP contribution in [0.25, 0.3) is 0 Å². The smallest absolute Gasteiger partial charge is 0.230 e. The number of amides is 1. The van der Waals surface area contributed by atoms with E-state index in [1.807, 2.05) is 0 Å². The first-order chi connectivity index (χ1) is 9.99. The minimum atomic E-state index is -0.250. The number of aromatic nitrogens is 1. The lowest BCUT2D eigenvalue weighted by atomic mass is 10.1. The highest BCUT2D eigenvalue weighted by Crippen LogP contribution is 2.24. The maximum atomic E-state index is 12.0. The Labute approximate surface area is 130 Å². The zero-order valence-electron chi connectivity index (χ0n) is 11.5. The van der Waals surface area contributed by atoms with Crippen molar-refractivity contribution in [2.24, 2.45) is 0 Å². The van der Waals surface area contributed by atoms with Gasteiger partial charge in [-0.1, -0.05) is 11.6 Å². The van der Waals surface area contributed by atoms with Crippen molar-refractivity contribution >= 4 is 39.8 Å². The second kappa shape index (κ2) is 6.69. The van der Waals surface area contributed by atoms with Crippen LogP contribution in [0.3, 0.4) is 0 Å². The van der Waals surface area contributed by atoms with Crippen LogP contribution in [0.5, 0.6) is 5.75 Å². The van der Waals surface area contributed by atoms with E-state index in [1.165, 1.54) is 25.4 Å². The van der Waals surface area contributed by atoms with Crippen molar-refractivity contribution in [3.63, 3.8) is 0 Å². The lowest BCUT2D eigenvalue weighted by Crippen LogP contribution is -2.15. The first-order valence-electron chi connectivity index (χ1n) is 6.08. The molecule has 0 bridgehead atoms. The number of carbonyl (C=O) groups is 2. The summed E-state index contributed by atoms with van der Waals surface area (Å²) in [6, 6.07) is 5.09. The molecule has 7 heteroatoms. The van der Waals surface area contributed by atoms with Gasteiger partial charge in [0.25, 0.3) is 0 Å². The molecule has 110 valence electrons. The Kier molecular flexibility index (Phi) is 4.93. The number of hydrogen-bond donors (Lipinski definition) is 1. The molecule has 0 aliphatic heterocycles. The van der Waals surface area contributed by atoms with Gasteiger partial charge in [0.05, 0.1) is 13.5 Å². The van der Waals surface area contributed by atoms with Crippen LogP contribution >= 0.6 is 22.9 Å². The summed E-state index contributed by atoms with van der Waals surface area (Å²) in [4.78, 5) is 27.2. The minimum Gasteiger partial charge on any atom is -0.496 e. The van der Waals surface area contributed by atoms with Crippen LogP contribution in [-0.4, -0.2) is 23.8 Å². The second-order valence-corrected chi connectivity index (χ2v) is 5.57. The number of benzene rings is 1. The molecule has 2 rings (SSSR count). The lowest BCUT2D eigenvalue weighted by molar-refractivity contribution is -0.115. The van der Waals surface area contributed by atoms with Crippen LogP contribution < -0.4 is 10.1 Å². The Bertz CT molecular complexity index is 685. The van der Waals surface area contributed by atoms with Gasteiger partial charge in [-0.3, -0.25) is 9.59 Å². The van der Waals surface area contributed by atoms with Crippen LogP contribution in [0, 0.1) is 0 Å². The maximum absolute atomic E-state index is 12.0. The number of halogens is 1. The third-order valence-electron chi connectivity index (χ3n) is 2.70. The van der Waals surface area contributed by atoms with Crippen LogP contribution in [0.15, 0.2) is 23.6 Å². The number of methoxy groups -OCH3 is 1. The van der Waals surface area contributed by atoms with Gasteiger partial charge in [0.1, 0.15) is 11.4 Å². The number of ether oxygens (including phenoxy) is 1. The van der Waals surface area contributed by atoms with Gasteiger partial charge in [0, 0.05) is 22.9 Å². The average Bonchev–Trinajstić information content (AvgIpc) is 2.87. The fourth-order valence-corrected chi connectivity index (χ4v) is 2.68. The molecule has 5 nitrogen and oxygen atoms in total. The molecule has 0 saturated heterocycles. The van der Waals surface area contributed by atoms with Crippen LogP contribution in [-0.2, 0) is 11.2 Å². The molecule has 2 aromatic rings. The summed E-state index contributed by atoms with van der Waals surface area (Å²) in [6.07, 6.45) is 0.110. The van der Waals surface area contributed by atoms with Crippen molar-refractivity contribution in [2.75, 3.05) is 12.4 Å². The molecule has 1 amide bonds. The summed E-state index contributed by atoms with van der Waals surface area (Å²) in [5, 5.41) is 5.19. The standard InChI is InChI=1S/C14H13ClN2O3S/c1-8(18)11-7-21-14(16-11)17-13(19)6-9-5-10(15)3-4-12(9)20-2/h3-5,7H,6H2,1-2H3,(H,16,17,19). The Morgan fingerprint density at radius 1 is 1.43 bits per heavy atom. The van der Waals surface area contributed by atoms with Crippen LogP contribution in [0.1, 0.15) is 23.0 Å². The van der Waals surface area contributed by atoms with E-state index in [4.69, 9.17) is 16.3 Å². The summed E-state index contributed by atoms with van der Waals surface area (Å²) < 4.78 is 5.19. The number of nitrogens with one attached hydrogen (secondary N) is 1. The van der Waals surface area contributed by atoms with Gasteiger partial charge in [-0.15, -0.1) is 11.3 Å². The van der Waals surface area contributed by atoms with Crippen molar-refractivity contribution < 1.29 is 14.3 Å². The molecule has 1 aromatic heterocycles. The zero-order chi connectivity index (χ0) is 15.4. The normalized spacial score (nSPS) is 10.2. The van der Waals surface area contributed by atoms with Crippen molar-refractivity contribution in [1.82, 2.24) is 4.98 Å². The fraction of sp³-hybridized carbons (Fsp3) is 0.214. The molecular formula is C14H13ClN2O3S. The number of rotatable bonds is 5. The van der Waals surface area contributed by atoms with Gasteiger partial charge in [0.2, 0.25) is 5.91 Å². The molecule has 0 fully saturated rings. The SMILES string of the molecule is COc1ccc(Cl)cc1CC(=O)Nc1nc(C(C)=O)cs1. The first kappa shape index (κ1) is 15.5. The number of hydrogen-bond acceptors (Lipinski definition) is 5. The van der Waals surface area contributed by atoms with Gasteiger partial charge < -0.3 is 10.1 Å². The van der Waals surface area contributed by atoms with Crippen LogP contribution in [0.2, 0.25) is 5.02 Å². The van der Waals surface area contributed by atoms with Gasteiger partial charge in [0.15, 0.2) is 10.9 Å². The van der Waals surface area contributed by atoms with Crippen LogP contribution in [0.4, 0.5) is 5.13 Å². The maximum Gasteiger partial charge on any atom is 0.230 e. The molecule has 21 heavy (non-hydrogen) atoms. The molecule has 1 N–H and O–H groups in total. The topological polar surface area (TPSA) is 68.3 Å². The fourth-order valence-electron chi connectivity index (χ4n) is 1.71. The molecule has 1 aromatic carbocycles. The van der Waals surface area contributed by atoms with E-state index in [0.717, 1.165) is 0 Å². The average molecular weight is 325 g/mol. The molecule has 0 aliphatic carbocycles. The molecule has 0 aliphatic rings. The van der Waals surface area contributed by atoms with Gasteiger partial charge >= 0.3 is 0 Å². The third-order valence-corrected chi connectivity index (χ3v) is 3.70. The van der Waals surface area contributed by atoms with E-state index in [1.54, 1.807) is 23.6 Å². The van der Waals surface area contributed by atoms with E-state index in [9.17, 15) is 9.59 Å². The second-order valence-electron chi connectivity index (χ2n) is 4.28. The van der Waals surface area contributed by atoms with E-state index in [0.29, 0.717) is 27.2 Å². The molecule has 1 heterocycles. The largest absolute Gasteiger partial charge is 0.496 e. The summed E-state index contributed by atoms with van der Waals surface area (Å²) in [5.41, 5.74) is 1.03. The number of Topliss-reactive ketones (excluding diaryl/α,β-unsaturated/α-hetero) is 1.